The first-order chi connectivity index (χ1) is 8.41. The quantitative estimate of drug-likeness (QED) is 0.563. The molecule has 0 atom stereocenters. The summed E-state index contributed by atoms with van der Waals surface area (Å²) in [7, 11) is -3.25. The van der Waals surface area contributed by atoms with E-state index in [1.54, 1.807) is 6.07 Å². The Hall–Kier alpha value is -0.340. The minimum atomic E-state index is -3.25. The van der Waals surface area contributed by atoms with Gasteiger partial charge in [0.05, 0.1) is 11.4 Å². The van der Waals surface area contributed by atoms with Crippen molar-refractivity contribution < 1.29 is 8.42 Å². The van der Waals surface area contributed by atoms with E-state index in [9.17, 15) is 8.42 Å². The molecule has 18 heavy (non-hydrogen) atoms. The lowest BCUT2D eigenvalue weighted by atomic mass is 10.3. The monoisotopic (exact) mass is 382 g/mol. The van der Waals surface area contributed by atoms with E-state index in [0.29, 0.717) is 24.7 Å². The second-order valence-electron chi connectivity index (χ2n) is 4.36. The van der Waals surface area contributed by atoms with E-state index in [1.165, 1.54) is 0 Å². The molecule has 0 saturated carbocycles. The Morgan fingerprint density at radius 2 is 1.94 bits per heavy atom. The molecule has 0 aliphatic heterocycles. The van der Waals surface area contributed by atoms with Crippen LogP contribution in [-0.4, -0.2) is 26.8 Å². The van der Waals surface area contributed by atoms with E-state index in [0.717, 1.165) is 3.57 Å². The molecule has 0 aliphatic rings. The summed E-state index contributed by atoms with van der Waals surface area (Å²) in [4.78, 5) is 0. The van der Waals surface area contributed by atoms with E-state index >= 15 is 0 Å². The molecule has 1 rings (SSSR count). The highest BCUT2D eigenvalue weighted by Crippen LogP contribution is 2.18. The number of halogens is 1. The van der Waals surface area contributed by atoms with Gasteiger partial charge >= 0.3 is 0 Å². The first-order valence-corrected chi connectivity index (χ1v) is 8.62. The van der Waals surface area contributed by atoms with Crippen LogP contribution in [0.5, 0.6) is 0 Å². The second-order valence-corrected chi connectivity index (χ2v) is 7.37. The average Bonchev–Trinajstić information content (AvgIpc) is 2.27. The molecule has 1 aromatic rings. The zero-order valence-electron chi connectivity index (χ0n) is 10.6. The normalized spacial score (nSPS) is 11.8. The maximum Gasteiger partial charge on any atom is 0.232 e. The van der Waals surface area contributed by atoms with E-state index in [2.05, 4.69) is 32.6 Å². The van der Waals surface area contributed by atoms with Crippen molar-refractivity contribution in [2.45, 2.75) is 26.3 Å². The molecule has 0 aromatic heterocycles. The molecule has 0 spiro atoms. The molecular formula is C12H19IN2O2S. The topological polar surface area (TPSA) is 58.2 Å². The third kappa shape index (κ3) is 6.01. The summed E-state index contributed by atoms with van der Waals surface area (Å²) in [6, 6.07) is 7.73. The van der Waals surface area contributed by atoms with Gasteiger partial charge in [-0.2, -0.15) is 0 Å². The molecule has 4 nitrogen and oxygen atoms in total. The van der Waals surface area contributed by atoms with Gasteiger partial charge in [-0.05, 0) is 47.7 Å². The van der Waals surface area contributed by atoms with E-state index in [-0.39, 0.29) is 5.75 Å². The van der Waals surface area contributed by atoms with Crippen LogP contribution in [0, 0.1) is 3.57 Å². The lowest BCUT2D eigenvalue weighted by Crippen LogP contribution is -2.26. The SMILES string of the molecule is CC(C)NCCCS(=O)(=O)Nc1ccccc1I. The minimum absolute atomic E-state index is 0.137. The first kappa shape index (κ1) is 15.7. The summed E-state index contributed by atoms with van der Waals surface area (Å²) < 4.78 is 27.2. The summed E-state index contributed by atoms with van der Waals surface area (Å²) in [6.45, 7) is 4.79. The maximum absolute atomic E-state index is 11.9. The highest BCUT2D eigenvalue weighted by molar-refractivity contribution is 14.1. The Morgan fingerprint density at radius 3 is 2.56 bits per heavy atom. The van der Waals surface area contributed by atoms with Crippen LogP contribution in [-0.2, 0) is 10.0 Å². The zero-order chi connectivity index (χ0) is 13.6. The van der Waals surface area contributed by atoms with Gasteiger partial charge in [0, 0.05) is 9.61 Å². The van der Waals surface area contributed by atoms with Gasteiger partial charge in [0.25, 0.3) is 0 Å². The van der Waals surface area contributed by atoms with Crippen LogP contribution in [0.25, 0.3) is 0 Å². The van der Waals surface area contributed by atoms with Gasteiger partial charge in [0.15, 0.2) is 0 Å². The average molecular weight is 382 g/mol. The number of anilines is 1. The molecular weight excluding hydrogens is 363 g/mol. The van der Waals surface area contributed by atoms with Gasteiger partial charge in [-0.25, -0.2) is 8.42 Å². The first-order valence-electron chi connectivity index (χ1n) is 5.89. The number of sulfonamides is 1. The van der Waals surface area contributed by atoms with Crippen molar-refractivity contribution in [1.82, 2.24) is 5.32 Å². The smallest absolute Gasteiger partial charge is 0.232 e. The van der Waals surface area contributed by atoms with Crippen molar-refractivity contribution in [1.29, 1.82) is 0 Å². The van der Waals surface area contributed by atoms with Gasteiger partial charge in [0.2, 0.25) is 10.0 Å². The molecule has 0 aliphatic carbocycles. The molecule has 0 heterocycles. The fourth-order valence-corrected chi connectivity index (χ4v) is 3.26. The fourth-order valence-electron chi connectivity index (χ4n) is 1.42. The van der Waals surface area contributed by atoms with Crippen LogP contribution < -0.4 is 10.0 Å². The zero-order valence-corrected chi connectivity index (χ0v) is 13.6. The molecule has 0 unspecified atom stereocenters. The van der Waals surface area contributed by atoms with Gasteiger partial charge in [-0.3, -0.25) is 4.72 Å². The molecule has 0 saturated heterocycles. The Balaban J connectivity index is 2.48. The number of hydrogen-bond donors (Lipinski definition) is 2. The highest BCUT2D eigenvalue weighted by Gasteiger charge is 2.11. The van der Waals surface area contributed by atoms with E-state index in [1.807, 2.05) is 32.0 Å². The molecule has 0 fully saturated rings. The van der Waals surface area contributed by atoms with Crippen LogP contribution in [0.3, 0.4) is 0 Å². The summed E-state index contributed by atoms with van der Waals surface area (Å²) in [6.07, 6.45) is 0.608. The summed E-state index contributed by atoms with van der Waals surface area (Å²) >= 11 is 2.11. The molecule has 1 aromatic carbocycles. The van der Waals surface area contributed by atoms with Crippen LogP contribution in [0.1, 0.15) is 20.3 Å². The van der Waals surface area contributed by atoms with Gasteiger partial charge in [-0.15, -0.1) is 0 Å². The Labute approximate surface area is 123 Å². The van der Waals surface area contributed by atoms with E-state index < -0.39 is 10.0 Å². The van der Waals surface area contributed by atoms with Crippen LogP contribution in [0.2, 0.25) is 0 Å². The third-order valence-electron chi connectivity index (χ3n) is 2.28. The Morgan fingerprint density at radius 1 is 1.28 bits per heavy atom. The maximum atomic E-state index is 11.9. The van der Waals surface area contributed by atoms with Crippen molar-refractivity contribution in [3.05, 3.63) is 27.8 Å². The lowest BCUT2D eigenvalue weighted by molar-refractivity contribution is 0.571. The van der Waals surface area contributed by atoms with Crippen molar-refractivity contribution in [2.75, 3.05) is 17.0 Å². The predicted molar refractivity (Wildman–Crippen MR) is 84.3 cm³/mol. The number of benzene rings is 1. The van der Waals surface area contributed by atoms with Crippen LogP contribution in [0.4, 0.5) is 5.69 Å². The van der Waals surface area contributed by atoms with Crippen molar-refractivity contribution in [3.8, 4) is 0 Å². The second kappa shape index (κ2) is 7.30. The Kier molecular flexibility index (Phi) is 6.37. The van der Waals surface area contributed by atoms with Crippen molar-refractivity contribution >= 4 is 38.3 Å². The number of rotatable bonds is 7. The molecule has 6 heteroatoms. The number of nitrogens with one attached hydrogen (secondary N) is 2. The van der Waals surface area contributed by atoms with Crippen molar-refractivity contribution in [3.63, 3.8) is 0 Å². The number of hydrogen-bond acceptors (Lipinski definition) is 3. The predicted octanol–water partition coefficient (Wildman–Crippen LogP) is 2.42. The van der Waals surface area contributed by atoms with Crippen LogP contribution >= 0.6 is 22.6 Å². The Bertz CT molecular complexity index is 475. The molecule has 102 valence electrons. The summed E-state index contributed by atoms with van der Waals surface area (Å²) in [5.41, 5.74) is 0.648. The van der Waals surface area contributed by atoms with Gasteiger partial charge < -0.3 is 5.32 Å². The van der Waals surface area contributed by atoms with Gasteiger partial charge in [0.1, 0.15) is 0 Å². The molecule has 0 bridgehead atoms. The molecule has 0 radical (unpaired) electrons. The minimum Gasteiger partial charge on any atom is -0.314 e. The fraction of sp³-hybridized carbons (Fsp3) is 0.500. The van der Waals surface area contributed by atoms with Crippen molar-refractivity contribution in [2.24, 2.45) is 0 Å². The van der Waals surface area contributed by atoms with Crippen LogP contribution in [0.15, 0.2) is 24.3 Å². The van der Waals surface area contributed by atoms with E-state index in [4.69, 9.17) is 0 Å². The third-order valence-corrected chi connectivity index (χ3v) is 4.58. The largest absolute Gasteiger partial charge is 0.314 e. The summed E-state index contributed by atoms with van der Waals surface area (Å²) in [5, 5.41) is 3.20. The van der Waals surface area contributed by atoms with Gasteiger partial charge in [-0.1, -0.05) is 26.0 Å². The molecule has 0 amide bonds. The summed E-state index contributed by atoms with van der Waals surface area (Å²) in [5.74, 6) is 0.137. The lowest BCUT2D eigenvalue weighted by Gasteiger charge is -2.11. The highest BCUT2D eigenvalue weighted by atomic mass is 127. The number of para-hydroxylation sites is 1. The standard InChI is InChI=1S/C12H19IN2O2S/c1-10(2)14-8-5-9-18(16,17)15-12-7-4-3-6-11(12)13/h3-4,6-7,10,14-15H,5,8-9H2,1-2H3. The molecule has 2 N–H and O–H groups in total.